The number of carboxylic acids is 1. The van der Waals surface area contributed by atoms with Crippen molar-refractivity contribution in [2.24, 2.45) is 5.92 Å². The Labute approximate surface area is 257 Å². The minimum absolute atomic E-state index is 0.0896. The van der Waals surface area contributed by atoms with Crippen molar-refractivity contribution in [2.75, 3.05) is 18.0 Å². The molecule has 8 nitrogen and oxygen atoms in total. The number of pyridine rings is 2. The monoisotopic (exact) mass is 622 g/mol. The third-order valence-electron chi connectivity index (χ3n) is 8.54. The van der Waals surface area contributed by atoms with Gasteiger partial charge in [0.05, 0.1) is 15.6 Å². The summed E-state index contributed by atoms with van der Waals surface area (Å²) >= 11 is 12.9. The van der Waals surface area contributed by atoms with Crippen LogP contribution >= 0.6 is 23.2 Å². The van der Waals surface area contributed by atoms with Gasteiger partial charge in [-0.3, -0.25) is 4.98 Å². The number of hydrogen-bond acceptors (Lipinski definition) is 7. The van der Waals surface area contributed by atoms with Crippen LogP contribution in [0.1, 0.15) is 66.3 Å². The van der Waals surface area contributed by atoms with Gasteiger partial charge in [-0.15, -0.1) is 0 Å². The molecule has 4 aromatic rings. The van der Waals surface area contributed by atoms with Crippen molar-refractivity contribution in [2.45, 2.75) is 56.7 Å². The number of carbonyl (C=O) groups is 1. The van der Waals surface area contributed by atoms with E-state index < -0.39 is 12.1 Å². The largest absolute Gasteiger partial charge is 0.489 e. The van der Waals surface area contributed by atoms with Crippen molar-refractivity contribution in [1.29, 1.82) is 0 Å². The van der Waals surface area contributed by atoms with Crippen LogP contribution in [0.2, 0.25) is 10.0 Å². The van der Waals surface area contributed by atoms with E-state index in [-0.39, 0.29) is 11.8 Å². The van der Waals surface area contributed by atoms with Crippen molar-refractivity contribution in [3.05, 3.63) is 69.8 Å². The third kappa shape index (κ3) is 5.68. The summed E-state index contributed by atoms with van der Waals surface area (Å²) in [5.41, 5.74) is 3.67. The molecule has 43 heavy (non-hydrogen) atoms. The van der Waals surface area contributed by atoms with Crippen LogP contribution in [0.5, 0.6) is 5.75 Å². The van der Waals surface area contributed by atoms with E-state index >= 15 is 0 Å². The molecule has 7 rings (SSSR count). The average molecular weight is 624 g/mol. The van der Waals surface area contributed by atoms with Crippen LogP contribution < -0.4 is 9.64 Å². The second kappa shape index (κ2) is 11.4. The van der Waals surface area contributed by atoms with Gasteiger partial charge in [-0.05, 0) is 49.8 Å². The summed E-state index contributed by atoms with van der Waals surface area (Å²) in [6.45, 7) is 1.69. The molecule has 1 aromatic carbocycles. The Balaban J connectivity index is 1.09. The first kappa shape index (κ1) is 28.1. The fraction of sp³-hybridized carbons (Fsp3) is 0.375. The SMILES string of the molecule is O=C(O)c1cc(OC2CC(F)C2)c2cc(N3CCC(/C=C/c4c(-c5c(Cl)cncc5Cl)noc4C4CC4)CC3)ccc2n1. The summed E-state index contributed by atoms with van der Waals surface area (Å²) in [5.74, 6) is 0.917. The Hall–Kier alpha value is -3.69. The van der Waals surface area contributed by atoms with Crippen LogP contribution in [0.25, 0.3) is 28.2 Å². The Kier molecular flexibility index (Phi) is 7.47. The van der Waals surface area contributed by atoms with Crippen LogP contribution in [0, 0.1) is 5.92 Å². The molecular weight excluding hydrogens is 594 g/mol. The van der Waals surface area contributed by atoms with Crippen molar-refractivity contribution in [3.8, 4) is 17.0 Å². The van der Waals surface area contributed by atoms with Gasteiger partial charge in [0.1, 0.15) is 29.5 Å². The highest BCUT2D eigenvalue weighted by Crippen LogP contribution is 2.46. The van der Waals surface area contributed by atoms with Crippen LogP contribution in [0.3, 0.4) is 0 Å². The van der Waals surface area contributed by atoms with Gasteiger partial charge >= 0.3 is 5.97 Å². The van der Waals surface area contributed by atoms with Crippen molar-refractivity contribution < 1.29 is 23.6 Å². The highest BCUT2D eigenvalue weighted by atomic mass is 35.5. The lowest BCUT2D eigenvalue weighted by molar-refractivity contribution is 0.0417. The number of aromatic carboxylic acids is 1. The lowest BCUT2D eigenvalue weighted by Gasteiger charge is -2.33. The van der Waals surface area contributed by atoms with Crippen molar-refractivity contribution in [3.63, 3.8) is 0 Å². The molecule has 0 atom stereocenters. The number of fused-ring (bicyclic) bond motifs is 1. The van der Waals surface area contributed by atoms with Gasteiger partial charge in [-0.25, -0.2) is 14.2 Å². The molecule has 0 bridgehead atoms. The van der Waals surface area contributed by atoms with Gasteiger partial charge < -0.3 is 19.3 Å². The number of ether oxygens (including phenoxy) is 1. The zero-order chi connectivity index (χ0) is 29.7. The number of anilines is 1. The topological polar surface area (TPSA) is 102 Å². The fourth-order valence-corrected chi connectivity index (χ4v) is 6.42. The quantitative estimate of drug-likeness (QED) is 0.211. The third-order valence-corrected chi connectivity index (χ3v) is 9.11. The number of halogens is 3. The zero-order valence-corrected chi connectivity index (χ0v) is 24.7. The summed E-state index contributed by atoms with van der Waals surface area (Å²) in [7, 11) is 0. The van der Waals surface area contributed by atoms with Crippen LogP contribution in [-0.2, 0) is 0 Å². The number of benzene rings is 1. The van der Waals surface area contributed by atoms with Gasteiger partial charge in [0.15, 0.2) is 5.69 Å². The number of aromatic nitrogens is 3. The Bertz CT molecular complexity index is 1710. The van der Waals surface area contributed by atoms with Crippen molar-refractivity contribution in [1.82, 2.24) is 15.1 Å². The van der Waals surface area contributed by atoms with Gasteiger partial charge in [-0.1, -0.05) is 40.5 Å². The van der Waals surface area contributed by atoms with E-state index in [9.17, 15) is 14.3 Å². The van der Waals surface area contributed by atoms with E-state index in [0.717, 1.165) is 61.2 Å². The first-order valence-corrected chi connectivity index (χ1v) is 15.3. The maximum absolute atomic E-state index is 13.4. The van der Waals surface area contributed by atoms with Crippen molar-refractivity contribution >= 4 is 51.8 Å². The zero-order valence-electron chi connectivity index (χ0n) is 23.2. The van der Waals surface area contributed by atoms with E-state index in [1.807, 2.05) is 18.2 Å². The van der Waals surface area contributed by atoms with Gasteiger partial charge in [0, 0.05) is 72.5 Å². The number of hydrogen-bond donors (Lipinski definition) is 1. The molecule has 0 spiro atoms. The summed E-state index contributed by atoms with van der Waals surface area (Å²) in [6, 6.07) is 7.24. The number of allylic oxidation sites excluding steroid dienone is 1. The molecule has 0 amide bonds. The number of alkyl halides is 1. The van der Waals surface area contributed by atoms with Gasteiger partial charge in [0.2, 0.25) is 0 Å². The van der Waals surface area contributed by atoms with E-state index in [1.165, 1.54) is 6.07 Å². The highest BCUT2D eigenvalue weighted by Gasteiger charge is 2.33. The fourth-order valence-electron chi connectivity index (χ4n) is 5.88. The lowest BCUT2D eigenvalue weighted by Crippen LogP contribution is -2.35. The molecule has 0 unspecified atom stereocenters. The Morgan fingerprint density at radius 2 is 1.84 bits per heavy atom. The molecular formula is C32H29Cl2FN4O4. The summed E-state index contributed by atoms with van der Waals surface area (Å²) in [5, 5.41) is 15.5. The molecule has 3 fully saturated rings. The van der Waals surface area contributed by atoms with Crippen LogP contribution in [0.4, 0.5) is 10.1 Å². The lowest BCUT2D eigenvalue weighted by atomic mass is 9.93. The first-order chi connectivity index (χ1) is 20.8. The maximum Gasteiger partial charge on any atom is 0.354 e. The molecule has 3 aliphatic rings. The minimum Gasteiger partial charge on any atom is -0.489 e. The number of rotatable bonds is 8. The van der Waals surface area contributed by atoms with E-state index in [2.05, 4.69) is 32.2 Å². The average Bonchev–Trinajstić information content (AvgIpc) is 3.75. The normalized spacial score (nSPS) is 21.0. The smallest absolute Gasteiger partial charge is 0.354 e. The second-order valence-electron chi connectivity index (χ2n) is 11.6. The molecule has 11 heteroatoms. The minimum atomic E-state index is -1.13. The molecule has 4 heterocycles. The van der Waals surface area contributed by atoms with Crippen LogP contribution in [-0.4, -0.2) is 51.6 Å². The number of carboxylic acid groups (broad SMARTS) is 1. The molecule has 1 N–H and O–H groups in total. The summed E-state index contributed by atoms with van der Waals surface area (Å²) in [4.78, 5) is 22.3. The molecule has 3 aromatic heterocycles. The molecule has 222 valence electrons. The Morgan fingerprint density at radius 3 is 2.51 bits per heavy atom. The van der Waals surface area contributed by atoms with E-state index in [4.69, 9.17) is 32.5 Å². The predicted octanol–water partition coefficient (Wildman–Crippen LogP) is 7.98. The summed E-state index contributed by atoms with van der Waals surface area (Å²) in [6.07, 6.45) is 11.0. The number of nitrogens with zero attached hydrogens (tertiary/aromatic N) is 4. The molecule has 2 saturated carbocycles. The van der Waals surface area contributed by atoms with E-state index in [0.29, 0.717) is 57.2 Å². The highest BCUT2D eigenvalue weighted by molar-refractivity contribution is 6.39. The predicted molar refractivity (Wildman–Crippen MR) is 163 cm³/mol. The van der Waals surface area contributed by atoms with Gasteiger partial charge in [0.25, 0.3) is 0 Å². The maximum atomic E-state index is 13.4. The van der Waals surface area contributed by atoms with Crippen LogP contribution in [0.15, 0.2) is 47.3 Å². The van der Waals surface area contributed by atoms with Gasteiger partial charge in [-0.2, -0.15) is 0 Å². The standard InChI is InChI=1S/C32H29Cl2FN4O4/c33-24-15-36-16-25(34)29(24)30-22(31(43-38-30)18-2-3-18)5-1-17-7-9-39(10-8-17)20-4-6-26-23(13-20)28(14-27(37-26)32(40)41)42-21-11-19(35)12-21/h1,4-6,13-19,21H,2-3,7-12H2,(H,40,41)/b5-1+. The molecule has 1 aliphatic heterocycles. The molecule has 1 saturated heterocycles. The Morgan fingerprint density at radius 1 is 1.09 bits per heavy atom. The first-order valence-electron chi connectivity index (χ1n) is 14.5. The van der Waals surface area contributed by atoms with E-state index in [1.54, 1.807) is 12.4 Å². The number of piperidine rings is 1. The molecule has 0 radical (unpaired) electrons. The second-order valence-corrected chi connectivity index (χ2v) is 12.4. The molecule has 2 aliphatic carbocycles. The summed E-state index contributed by atoms with van der Waals surface area (Å²) < 4.78 is 25.3.